The van der Waals surface area contributed by atoms with Gasteiger partial charge < -0.3 is 5.11 Å². The van der Waals surface area contributed by atoms with Crippen molar-refractivity contribution in [2.24, 2.45) is 5.92 Å². The lowest BCUT2D eigenvalue weighted by Gasteiger charge is -2.20. The molecule has 0 aromatic rings. The zero-order valence-corrected chi connectivity index (χ0v) is 7.97. The molecule has 0 aliphatic heterocycles. The van der Waals surface area contributed by atoms with Gasteiger partial charge in [-0.15, -0.1) is 0 Å². The lowest BCUT2D eigenvalue weighted by Crippen LogP contribution is -2.23. The lowest BCUT2D eigenvalue weighted by molar-refractivity contribution is -0.121. The number of rotatable bonds is 5. The summed E-state index contributed by atoms with van der Waals surface area (Å²) < 4.78 is 0. The van der Waals surface area contributed by atoms with Crippen molar-refractivity contribution >= 4 is 5.78 Å². The van der Waals surface area contributed by atoms with Crippen LogP contribution in [0.3, 0.4) is 0 Å². The van der Waals surface area contributed by atoms with Crippen molar-refractivity contribution in [3.8, 4) is 0 Å². The van der Waals surface area contributed by atoms with Crippen LogP contribution in [0.25, 0.3) is 0 Å². The summed E-state index contributed by atoms with van der Waals surface area (Å²) in [5.74, 6) is 0.696. The van der Waals surface area contributed by atoms with Gasteiger partial charge in [0.05, 0.1) is 5.60 Å². The molecule has 1 aliphatic rings. The van der Waals surface area contributed by atoms with Crippen LogP contribution in [0, 0.1) is 5.92 Å². The van der Waals surface area contributed by atoms with Crippen molar-refractivity contribution in [1.29, 1.82) is 0 Å². The van der Waals surface area contributed by atoms with Gasteiger partial charge in [0.15, 0.2) is 0 Å². The molecule has 1 unspecified atom stereocenters. The Balaban J connectivity index is 2.19. The molecule has 0 spiro atoms. The highest BCUT2D eigenvalue weighted by Gasteiger charge is 2.30. The quantitative estimate of drug-likeness (QED) is 0.684. The SMILES string of the molecule is CCC(C)(O)CCC(=O)C1CC1. The molecule has 0 heterocycles. The molecular formula is C10H18O2. The Morgan fingerprint density at radius 2 is 2.17 bits per heavy atom. The average molecular weight is 170 g/mol. The van der Waals surface area contributed by atoms with Gasteiger partial charge in [0.25, 0.3) is 0 Å². The van der Waals surface area contributed by atoms with Gasteiger partial charge in [-0.05, 0) is 32.6 Å². The molecule has 12 heavy (non-hydrogen) atoms. The van der Waals surface area contributed by atoms with Crippen LogP contribution < -0.4 is 0 Å². The lowest BCUT2D eigenvalue weighted by atomic mass is 9.95. The Hall–Kier alpha value is -0.370. The highest BCUT2D eigenvalue weighted by Crippen LogP contribution is 2.32. The van der Waals surface area contributed by atoms with E-state index in [0.29, 0.717) is 24.5 Å². The summed E-state index contributed by atoms with van der Waals surface area (Å²) >= 11 is 0. The fourth-order valence-corrected chi connectivity index (χ4v) is 1.18. The normalized spacial score (nSPS) is 21.9. The van der Waals surface area contributed by atoms with Crippen LogP contribution in [0.5, 0.6) is 0 Å². The van der Waals surface area contributed by atoms with Gasteiger partial charge in [-0.1, -0.05) is 6.92 Å². The second kappa shape index (κ2) is 3.56. The van der Waals surface area contributed by atoms with Gasteiger partial charge in [0.2, 0.25) is 0 Å². The zero-order valence-electron chi connectivity index (χ0n) is 7.97. The van der Waals surface area contributed by atoms with Crippen molar-refractivity contribution in [2.45, 2.75) is 51.6 Å². The van der Waals surface area contributed by atoms with E-state index in [0.717, 1.165) is 19.3 Å². The van der Waals surface area contributed by atoms with Gasteiger partial charge in [-0.2, -0.15) is 0 Å². The topological polar surface area (TPSA) is 37.3 Å². The molecular weight excluding hydrogens is 152 g/mol. The maximum atomic E-state index is 11.3. The minimum absolute atomic E-state index is 0.345. The van der Waals surface area contributed by atoms with Crippen molar-refractivity contribution < 1.29 is 9.90 Å². The number of Topliss-reactive ketones (excluding diaryl/α,β-unsaturated/α-hetero) is 1. The summed E-state index contributed by atoms with van der Waals surface area (Å²) in [6, 6.07) is 0. The number of hydrogen-bond donors (Lipinski definition) is 1. The summed E-state index contributed by atoms with van der Waals surface area (Å²) in [4.78, 5) is 11.3. The first-order valence-corrected chi connectivity index (χ1v) is 4.80. The summed E-state index contributed by atoms with van der Waals surface area (Å²) in [6.45, 7) is 3.74. The fourth-order valence-electron chi connectivity index (χ4n) is 1.18. The Labute approximate surface area is 74.0 Å². The van der Waals surface area contributed by atoms with Crippen LogP contribution in [0.1, 0.15) is 46.0 Å². The fraction of sp³-hybridized carbons (Fsp3) is 0.900. The van der Waals surface area contributed by atoms with Gasteiger partial charge >= 0.3 is 0 Å². The largest absolute Gasteiger partial charge is 0.390 e. The second-order valence-electron chi connectivity index (χ2n) is 4.09. The highest BCUT2D eigenvalue weighted by atomic mass is 16.3. The van der Waals surface area contributed by atoms with E-state index in [4.69, 9.17) is 0 Å². The average Bonchev–Trinajstić information content (AvgIpc) is 2.83. The summed E-state index contributed by atoms with van der Waals surface area (Å²) in [6.07, 6.45) is 4.06. The van der Waals surface area contributed by atoms with Gasteiger partial charge in [-0.25, -0.2) is 0 Å². The molecule has 2 heteroatoms. The maximum Gasteiger partial charge on any atom is 0.136 e. The Bertz CT molecular complexity index is 169. The molecule has 1 saturated carbocycles. The van der Waals surface area contributed by atoms with Gasteiger partial charge in [0.1, 0.15) is 5.78 Å². The first-order chi connectivity index (χ1) is 5.55. The number of ketones is 1. The van der Waals surface area contributed by atoms with Gasteiger partial charge in [0, 0.05) is 12.3 Å². The molecule has 0 bridgehead atoms. The number of hydrogen-bond acceptors (Lipinski definition) is 2. The Morgan fingerprint density at radius 1 is 1.58 bits per heavy atom. The standard InChI is InChI=1S/C10H18O2/c1-3-10(2,12)7-6-9(11)8-4-5-8/h8,12H,3-7H2,1-2H3. The van der Waals surface area contributed by atoms with E-state index in [2.05, 4.69) is 0 Å². The van der Waals surface area contributed by atoms with Crippen LogP contribution >= 0.6 is 0 Å². The third-order valence-electron chi connectivity index (χ3n) is 2.70. The molecule has 1 N–H and O–H groups in total. The van der Waals surface area contributed by atoms with E-state index < -0.39 is 5.60 Å². The van der Waals surface area contributed by atoms with E-state index >= 15 is 0 Å². The molecule has 1 aliphatic carbocycles. The first-order valence-electron chi connectivity index (χ1n) is 4.80. The third-order valence-corrected chi connectivity index (χ3v) is 2.70. The van der Waals surface area contributed by atoms with Crippen molar-refractivity contribution in [3.05, 3.63) is 0 Å². The number of carbonyl (C=O) groups excluding carboxylic acids is 1. The summed E-state index contributed by atoms with van der Waals surface area (Å²) in [5.41, 5.74) is -0.634. The molecule has 70 valence electrons. The van der Waals surface area contributed by atoms with Crippen molar-refractivity contribution in [2.75, 3.05) is 0 Å². The predicted molar refractivity (Wildman–Crippen MR) is 47.9 cm³/mol. The zero-order chi connectivity index (χ0) is 9.19. The van der Waals surface area contributed by atoms with Crippen LogP contribution in [-0.2, 0) is 4.79 Å². The maximum absolute atomic E-state index is 11.3. The molecule has 1 fully saturated rings. The molecule has 0 aromatic carbocycles. The monoisotopic (exact) mass is 170 g/mol. The smallest absolute Gasteiger partial charge is 0.136 e. The Morgan fingerprint density at radius 3 is 2.58 bits per heavy atom. The highest BCUT2D eigenvalue weighted by molar-refractivity contribution is 5.83. The molecule has 1 rings (SSSR count). The number of aliphatic hydroxyl groups is 1. The molecule has 0 radical (unpaired) electrons. The summed E-state index contributed by atoms with van der Waals surface area (Å²) in [7, 11) is 0. The van der Waals surface area contributed by atoms with Crippen molar-refractivity contribution in [3.63, 3.8) is 0 Å². The molecule has 1 atom stereocenters. The van der Waals surface area contributed by atoms with Crippen LogP contribution in [0.2, 0.25) is 0 Å². The molecule has 0 aromatic heterocycles. The van der Waals surface area contributed by atoms with E-state index in [1.807, 2.05) is 6.92 Å². The predicted octanol–water partition coefficient (Wildman–Crippen LogP) is 1.91. The second-order valence-corrected chi connectivity index (χ2v) is 4.09. The molecule has 2 nitrogen and oxygen atoms in total. The minimum atomic E-state index is -0.634. The number of carbonyl (C=O) groups is 1. The van der Waals surface area contributed by atoms with Crippen molar-refractivity contribution in [1.82, 2.24) is 0 Å². The van der Waals surface area contributed by atoms with E-state index in [1.54, 1.807) is 6.92 Å². The van der Waals surface area contributed by atoms with E-state index in [9.17, 15) is 9.90 Å². The summed E-state index contributed by atoms with van der Waals surface area (Å²) in [5, 5.41) is 9.62. The minimum Gasteiger partial charge on any atom is -0.390 e. The molecule has 0 amide bonds. The van der Waals surface area contributed by atoms with Crippen LogP contribution in [0.15, 0.2) is 0 Å². The van der Waals surface area contributed by atoms with Crippen LogP contribution in [-0.4, -0.2) is 16.5 Å². The first kappa shape index (κ1) is 9.72. The van der Waals surface area contributed by atoms with Gasteiger partial charge in [-0.3, -0.25) is 4.79 Å². The molecule has 0 saturated heterocycles. The third kappa shape index (κ3) is 2.94. The Kier molecular flexibility index (Phi) is 2.89. The van der Waals surface area contributed by atoms with E-state index in [-0.39, 0.29) is 0 Å². The van der Waals surface area contributed by atoms with E-state index in [1.165, 1.54) is 0 Å². The van der Waals surface area contributed by atoms with Crippen LogP contribution in [0.4, 0.5) is 0 Å².